The molecule has 1 heterocycles. The maximum atomic E-state index is 12.2. The molecule has 0 amide bonds. The SMILES string of the molecule is Cc1cc(-c2cccc(C(=O)C(C)(C)N)c2)nnc1Cl. The van der Waals surface area contributed by atoms with Gasteiger partial charge in [0.25, 0.3) is 0 Å². The monoisotopic (exact) mass is 289 g/mol. The van der Waals surface area contributed by atoms with Crippen molar-refractivity contribution in [3.8, 4) is 11.3 Å². The molecular formula is C15H16ClN3O. The summed E-state index contributed by atoms with van der Waals surface area (Å²) in [7, 11) is 0. The summed E-state index contributed by atoms with van der Waals surface area (Å²) in [5.41, 5.74) is 7.84. The van der Waals surface area contributed by atoms with Gasteiger partial charge in [-0.05, 0) is 38.5 Å². The Morgan fingerprint density at radius 3 is 2.55 bits per heavy atom. The molecule has 104 valence electrons. The van der Waals surface area contributed by atoms with Gasteiger partial charge in [-0.2, -0.15) is 0 Å². The first-order valence-corrected chi connectivity index (χ1v) is 6.61. The highest BCUT2D eigenvalue weighted by molar-refractivity contribution is 6.30. The third kappa shape index (κ3) is 3.03. The normalized spacial score (nSPS) is 11.4. The average molecular weight is 290 g/mol. The standard InChI is InChI=1S/C15H16ClN3O/c1-9-7-12(18-19-14(9)16)10-5-4-6-11(8-10)13(20)15(2,3)17/h4-8H,17H2,1-3H3. The molecule has 0 saturated heterocycles. The molecule has 2 N–H and O–H groups in total. The predicted octanol–water partition coefficient (Wildman–Crippen LogP) is 3.03. The van der Waals surface area contributed by atoms with E-state index in [9.17, 15) is 4.79 Å². The molecule has 5 heteroatoms. The van der Waals surface area contributed by atoms with Crippen LogP contribution in [0.3, 0.4) is 0 Å². The lowest BCUT2D eigenvalue weighted by atomic mass is 9.93. The fraction of sp³-hybridized carbons (Fsp3) is 0.267. The molecule has 2 rings (SSSR count). The van der Waals surface area contributed by atoms with Crippen molar-refractivity contribution in [3.05, 3.63) is 46.6 Å². The zero-order chi connectivity index (χ0) is 14.9. The van der Waals surface area contributed by atoms with Crippen LogP contribution in [0.5, 0.6) is 0 Å². The molecule has 0 unspecified atom stereocenters. The summed E-state index contributed by atoms with van der Waals surface area (Å²) in [6.07, 6.45) is 0. The van der Waals surface area contributed by atoms with Gasteiger partial charge in [-0.15, -0.1) is 10.2 Å². The molecule has 0 fully saturated rings. The Kier molecular flexibility index (Phi) is 3.88. The van der Waals surface area contributed by atoms with E-state index >= 15 is 0 Å². The van der Waals surface area contributed by atoms with Crippen molar-refractivity contribution in [1.82, 2.24) is 10.2 Å². The summed E-state index contributed by atoms with van der Waals surface area (Å²) in [6.45, 7) is 5.24. The number of nitrogens with two attached hydrogens (primary N) is 1. The van der Waals surface area contributed by atoms with Crippen LogP contribution in [0.4, 0.5) is 0 Å². The molecule has 0 atom stereocenters. The molecule has 0 aliphatic heterocycles. The van der Waals surface area contributed by atoms with E-state index in [0.29, 0.717) is 16.4 Å². The number of hydrogen-bond acceptors (Lipinski definition) is 4. The van der Waals surface area contributed by atoms with E-state index in [0.717, 1.165) is 11.1 Å². The van der Waals surface area contributed by atoms with Gasteiger partial charge in [0.1, 0.15) is 0 Å². The summed E-state index contributed by atoms with van der Waals surface area (Å²) in [4.78, 5) is 12.2. The number of ketones is 1. The topological polar surface area (TPSA) is 68.9 Å². The van der Waals surface area contributed by atoms with Crippen LogP contribution in [-0.2, 0) is 0 Å². The van der Waals surface area contributed by atoms with Gasteiger partial charge in [-0.1, -0.05) is 29.8 Å². The zero-order valence-corrected chi connectivity index (χ0v) is 12.4. The van der Waals surface area contributed by atoms with Crippen molar-refractivity contribution >= 4 is 17.4 Å². The third-order valence-corrected chi connectivity index (χ3v) is 3.30. The molecular weight excluding hydrogens is 274 g/mol. The van der Waals surface area contributed by atoms with Gasteiger partial charge in [-0.25, -0.2) is 0 Å². The lowest BCUT2D eigenvalue weighted by molar-refractivity contribution is 0.0913. The van der Waals surface area contributed by atoms with Crippen molar-refractivity contribution in [2.75, 3.05) is 0 Å². The van der Waals surface area contributed by atoms with Crippen molar-refractivity contribution in [2.45, 2.75) is 26.3 Å². The highest BCUT2D eigenvalue weighted by Gasteiger charge is 2.23. The van der Waals surface area contributed by atoms with Crippen LogP contribution in [-0.4, -0.2) is 21.5 Å². The van der Waals surface area contributed by atoms with Crippen LogP contribution in [0.1, 0.15) is 29.8 Å². The number of rotatable bonds is 3. The Bertz CT molecular complexity index is 662. The first kappa shape index (κ1) is 14.6. The quantitative estimate of drug-likeness (QED) is 0.882. The number of halogens is 1. The van der Waals surface area contributed by atoms with Gasteiger partial charge in [0.15, 0.2) is 10.9 Å². The second-order valence-electron chi connectivity index (χ2n) is 5.34. The summed E-state index contributed by atoms with van der Waals surface area (Å²) < 4.78 is 0. The van der Waals surface area contributed by atoms with Gasteiger partial charge in [-0.3, -0.25) is 4.79 Å². The van der Waals surface area contributed by atoms with Crippen molar-refractivity contribution in [1.29, 1.82) is 0 Å². The van der Waals surface area contributed by atoms with E-state index in [1.54, 1.807) is 32.0 Å². The fourth-order valence-corrected chi connectivity index (χ4v) is 1.90. The lowest BCUT2D eigenvalue weighted by Gasteiger charge is -2.17. The number of hydrogen-bond donors (Lipinski definition) is 1. The van der Waals surface area contributed by atoms with E-state index in [2.05, 4.69) is 10.2 Å². The Balaban J connectivity index is 2.44. The molecule has 0 aliphatic rings. The summed E-state index contributed by atoms with van der Waals surface area (Å²) >= 11 is 5.87. The Morgan fingerprint density at radius 1 is 1.25 bits per heavy atom. The summed E-state index contributed by atoms with van der Waals surface area (Å²) in [5.74, 6) is -0.113. The second kappa shape index (κ2) is 5.31. The maximum absolute atomic E-state index is 12.2. The molecule has 2 aromatic rings. The smallest absolute Gasteiger partial charge is 0.182 e. The van der Waals surface area contributed by atoms with Crippen molar-refractivity contribution in [3.63, 3.8) is 0 Å². The molecule has 0 aliphatic carbocycles. The van der Waals surface area contributed by atoms with E-state index in [1.165, 1.54) is 0 Å². The average Bonchev–Trinajstić information content (AvgIpc) is 2.40. The fourth-order valence-electron chi connectivity index (χ4n) is 1.80. The van der Waals surface area contributed by atoms with E-state index in [-0.39, 0.29) is 5.78 Å². The van der Waals surface area contributed by atoms with Crippen LogP contribution in [0.2, 0.25) is 5.15 Å². The number of Topliss-reactive ketones (excluding diaryl/α,β-unsaturated/α-hetero) is 1. The minimum atomic E-state index is -0.903. The molecule has 20 heavy (non-hydrogen) atoms. The van der Waals surface area contributed by atoms with E-state index in [4.69, 9.17) is 17.3 Å². The number of carbonyl (C=O) groups excluding carboxylic acids is 1. The minimum Gasteiger partial charge on any atom is -0.319 e. The molecule has 1 aromatic heterocycles. The summed E-state index contributed by atoms with van der Waals surface area (Å²) in [5, 5.41) is 8.31. The highest BCUT2D eigenvalue weighted by atomic mass is 35.5. The third-order valence-electron chi connectivity index (χ3n) is 2.93. The molecule has 0 saturated carbocycles. The van der Waals surface area contributed by atoms with Crippen LogP contribution in [0.15, 0.2) is 30.3 Å². The summed E-state index contributed by atoms with van der Waals surface area (Å²) in [6, 6.07) is 9.04. The Hall–Kier alpha value is -1.78. The highest BCUT2D eigenvalue weighted by Crippen LogP contribution is 2.22. The van der Waals surface area contributed by atoms with Gasteiger partial charge in [0.2, 0.25) is 0 Å². The number of carbonyl (C=O) groups is 1. The first-order chi connectivity index (χ1) is 9.29. The first-order valence-electron chi connectivity index (χ1n) is 6.23. The number of benzene rings is 1. The minimum absolute atomic E-state index is 0.113. The van der Waals surface area contributed by atoms with Gasteiger partial charge in [0.05, 0.1) is 11.2 Å². The molecule has 0 bridgehead atoms. The molecule has 1 aromatic carbocycles. The van der Waals surface area contributed by atoms with Gasteiger partial charge >= 0.3 is 0 Å². The van der Waals surface area contributed by atoms with Crippen molar-refractivity contribution < 1.29 is 4.79 Å². The molecule has 0 radical (unpaired) electrons. The molecule has 4 nitrogen and oxygen atoms in total. The van der Waals surface area contributed by atoms with Crippen LogP contribution < -0.4 is 5.73 Å². The predicted molar refractivity (Wildman–Crippen MR) is 79.8 cm³/mol. The van der Waals surface area contributed by atoms with E-state index in [1.807, 2.05) is 19.1 Å². The second-order valence-corrected chi connectivity index (χ2v) is 5.69. The Labute approximate surface area is 123 Å². The largest absolute Gasteiger partial charge is 0.319 e. The zero-order valence-electron chi connectivity index (χ0n) is 11.6. The van der Waals surface area contributed by atoms with E-state index < -0.39 is 5.54 Å². The van der Waals surface area contributed by atoms with Crippen LogP contribution >= 0.6 is 11.6 Å². The Morgan fingerprint density at radius 2 is 1.95 bits per heavy atom. The number of aryl methyl sites for hydroxylation is 1. The number of nitrogens with zero attached hydrogens (tertiary/aromatic N) is 2. The van der Waals surface area contributed by atoms with Crippen molar-refractivity contribution in [2.24, 2.45) is 5.73 Å². The molecule has 0 spiro atoms. The number of aromatic nitrogens is 2. The maximum Gasteiger partial charge on any atom is 0.182 e. The van der Waals surface area contributed by atoms with Gasteiger partial charge in [0, 0.05) is 11.1 Å². The van der Waals surface area contributed by atoms with Crippen LogP contribution in [0.25, 0.3) is 11.3 Å². The van der Waals surface area contributed by atoms with Crippen LogP contribution in [0, 0.1) is 6.92 Å². The van der Waals surface area contributed by atoms with Gasteiger partial charge < -0.3 is 5.73 Å². The lowest BCUT2D eigenvalue weighted by Crippen LogP contribution is -2.41.